The smallest absolute Gasteiger partial charge is 0.221 e. The topological polar surface area (TPSA) is 75.4 Å². The number of hydrogen-bond acceptors (Lipinski definition) is 4. The third-order valence-electron chi connectivity index (χ3n) is 3.45. The third-order valence-corrected chi connectivity index (χ3v) is 5.79. The van der Waals surface area contributed by atoms with Crippen LogP contribution in [0.25, 0.3) is 0 Å². The molecular weight excluding hydrogens is 270 g/mol. The van der Waals surface area contributed by atoms with E-state index in [0.29, 0.717) is 18.9 Å². The van der Waals surface area contributed by atoms with Crippen LogP contribution in [0.3, 0.4) is 0 Å². The van der Waals surface area contributed by atoms with Gasteiger partial charge in [0.05, 0.1) is 4.99 Å². The number of nitrogens with two attached hydrogens (primary N) is 1. The van der Waals surface area contributed by atoms with Crippen LogP contribution >= 0.6 is 12.2 Å². The predicted octanol–water partition coefficient (Wildman–Crippen LogP) is 0.312. The molecule has 0 aliphatic carbocycles. The molecule has 0 radical (unpaired) electrons. The summed E-state index contributed by atoms with van der Waals surface area (Å²) in [5, 5.41) is -0.754. The van der Waals surface area contributed by atoms with Crippen molar-refractivity contribution in [3.8, 4) is 0 Å². The zero-order valence-corrected chi connectivity index (χ0v) is 12.7. The summed E-state index contributed by atoms with van der Waals surface area (Å²) in [5.41, 5.74) is 5.46. The van der Waals surface area contributed by atoms with Crippen molar-refractivity contribution in [3.63, 3.8) is 0 Å². The highest BCUT2D eigenvalue weighted by atomic mass is 32.2. The van der Waals surface area contributed by atoms with Crippen molar-refractivity contribution in [2.45, 2.75) is 31.9 Å². The summed E-state index contributed by atoms with van der Waals surface area (Å²) in [6, 6.07) is 0. The molecule has 1 aliphatic rings. The van der Waals surface area contributed by atoms with Crippen molar-refractivity contribution >= 4 is 27.2 Å². The molecule has 0 aromatic carbocycles. The summed E-state index contributed by atoms with van der Waals surface area (Å²) in [5.74, 6) is 0.392. The molecule has 0 saturated carbocycles. The van der Waals surface area contributed by atoms with E-state index in [4.69, 9.17) is 18.0 Å². The van der Waals surface area contributed by atoms with E-state index in [-0.39, 0.29) is 4.99 Å². The Balaban J connectivity index is 2.49. The monoisotopic (exact) mass is 293 g/mol. The first-order valence-corrected chi connectivity index (χ1v) is 8.36. The Morgan fingerprint density at radius 1 is 1.56 bits per heavy atom. The molecule has 2 atom stereocenters. The summed E-state index contributed by atoms with van der Waals surface area (Å²) >= 11 is 4.80. The molecule has 1 fully saturated rings. The molecule has 0 amide bonds. The highest BCUT2D eigenvalue weighted by Crippen LogP contribution is 2.15. The summed E-state index contributed by atoms with van der Waals surface area (Å²) in [7, 11) is -3.42. The number of sulfonamides is 1. The summed E-state index contributed by atoms with van der Waals surface area (Å²) in [4.78, 5) is 2.37. The second-order valence-corrected chi connectivity index (χ2v) is 7.16. The van der Waals surface area contributed by atoms with Gasteiger partial charge in [-0.25, -0.2) is 13.1 Å². The minimum absolute atomic E-state index is 0.0478. The first kappa shape index (κ1) is 15.8. The SMILES string of the molecule is CCC(C(N)=S)S(=O)(=O)NCC1CCN(CC)C1. The number of nitrogens with zero attached hydrogens (tertiary/aromatic N) is 1. The number of thiocarbonyl (C=S) groups is 1. The van der Waals surface area contributed by atoms with Gasteiger partial charge in [0.25, 0.3) is 0 Å². The molecule has 3 N–H and O–H groups in total. The average molecular weight is 293 g/mol. The second-order valence-electron chi connectivity index (χ2n) is 4.74. The predicted molar refractivity (Wildman–Crippen MR) is 78.0 cm³/mol. The largest absolute Gasteiger partial charge is 0.392 e. The van der Waals surface area contributed by atoms with Gasteiger partial charge in [0.1, 0.15) is 5.25 Å². The van der Waals surface area contributed by atoms with E-state index in [9.17, 15) is 8.42 Å². The first-order valence-electron chi connectivity index (χ1n) is 6.40. The lowest BCUT2D eigenvalue weighted by atomic mass is 10.1. The minimum Gasteiger partial charge on any atom is -0.392 e. The number of hydrogen-bond donors (Lipinski definition) is 2. The number of likely N-dealkylation sites (tertiary alicyclic amines) is 1. The number of rotatable bonds is 7. The van der Waals surface area contributed by atoms with E-state index in [1.54, 1.807) is 6.92 Å². The molecule has 0 aromatic rings. The van der Waals surface area contributed by atoms with Crippen molar-refractivity contribution in [2.75, 3.05) is 26.2 Å². The fourth-order valence-electron chi connectivity index (χ4n) is 2.27. The van der Waals surface area contributed by atoms with Crippen molar-refractivity contribution in [1.82, 2.24) is 9.62 Å². The third kappa shape index (κ3) is 4.15. The van der Waals surface area contributed by atoms with Crippen LogP contribution < -0.4 is 10.5 Å². The van der Waals surface area contributed by atoms with Crippen LogP contribution in [-0.2, 0) is 10.0 Å². The van der Waals surface area contributed by atoms with Crippen LogP contribution in [0.5, 0.6) is 0 Å². The maximum atomic E-state index is 12.0. The molecule has 5 nitrogen and oxygen atoms in total. The summed E-state index contributed by atoms with van der Waals surface area (Å²) in [6.45, 7) is 7.41. The van der Waals surface area contributed by atoms with Gasteiger partial charge < -0.3 is 10.6 Å². The van der Waals surface area contributed by atoms with Crippen LogP contribution in [0.2, 0.25) is 0 Å². The number of nitrogens with one attached hydrogen (secondary N) is 1. The van der Waals surface area contributed by atoms with Crippen molar-refractivity contribution in [2.24, 2.45) is 11.7 Å². The van der Waals surface area contributed by atoms with Crippen LogP contribution in [0.4, 0.5) is 0 Å². The van der Waals surface area contributed by atoms with Crippen LogP contribution in [0.15, 0.2) is 0 Å². The molecule has 0 bridgehead atoms. The highest BCUT2D eigenvalue weighted by Gasteiger charge is 2.28. The lowest BCUT2D eigenvalue weighted by Crippen LogP contribution is -2.43. The van der Waals surface area contributed by atoms with E-state index in [0.717, 1.165) is 26.1 Å². The van der Waals surface area contributed by atoms with Crippen molar-refractivity contribution in [3.05, 3.63) is 0 Å². The highest BCUT2D eigenvalue weighted by molar-refractivity contribution is 7.93. The molecule has 1 rings (SSSR count). The molecule has 0 aromatic heterocycles. The minimum atomic E-state index is -3.42. The van der Waals surface area contributed by atoms with Crippen molar-refractivity contribution < 1.29 is 8.42 Å². The van der Waals surface area contributed by atoms with Gasteiger partial charge in [-0.3, -0.25) is 0 Å². The van der Waals surface area contributed by atoms with Gasteiger partial charge in [-0.1, -0.05) is 26.1 Å². The van der Waals surface area contributed by atoms with Crippen LogP contribution in [-0.4, -0.2) is 49.7 Å². The Morgan fingerprint density at radius 3 is 2.67 bits per heavy atom. The van der Waals surface area contributed by atoms with Gasteiger partial charge in [-0.05, 0) is 31.8 Å². The second kappa shape index (κ2) is 6.79. The molecule has 1 aliphatic heterocycles. The van der Waals surface area contributed by atoms with E-state index in [1.165, 1.54) is 0 Å². The van der Waals surface area contributed by atoms with E-state index in [2.05, 4.69) is 16.5 Å². The fourth-order valence-corrected chi connectivity index (χ4v) is 4.24. The molecule has 2 unspecified atom stereocenters. The zero-order valence-electron chi connectivity index (χ0n) is 11.1. The van der Waals surface area contributed by atoms with Gasteiger partial charge in [-0.15, -0.1) is 0 Å². The van der Waals surface area contributed by atoms with Gasteiger partial charge in [0.15, 0.2) is 0 Å². The lowest BCUT2D eigenvalue weighted by Gasteiger charge is -2.18. The quantitative estimate of drug-likeness (QED) is 0.661. The van der Waals surface area contributed by atoms with E-state index < -0.39 is 15.3 Å². The standard InChI is InChI=1S/C11H23N3O2S2/c1-3-10(11(12)17)18(15,16)13-7-9-5-6-14(4-2)8-9/h9-10,13H,3-8H2,1-2H3,(H2,12,17). The Morgan fingerprint density at radius 2 is 2.22 bits per heavy atom. The molecule has 1 heterocycles. The van der Waals surface area contributed by atoms with Crippen LogP contribution in [0, 0.1) is 5.92 Å². The molecule has 106 valence electrons. The first-order chi connectivity index (χ1) is 8.40. The van der Waals surface area contributed by atoms with E-state index >= 15 is 0 Å². The maximum absolute atomic E-state index is 12.0. The maximum Gasteiger partial charge on any atom is 0.221 e. The Kier molecular flexibility index (Phi) is 5.97. The van der Waals surface area contributed by atoms with Crippen molar-refractivity contribution in [1.29, 1.82) is 0 Å². The molecule has 7 heteroatoms. The zero-order chi connectivity index (χ0) is 13.8. The molecular formula is C11H23N3O2S2. The van der Waals surface area contributed by atoms with Gasteiger partial charge in [0, 0.05) is 13.1 Å². The fraction of sp³-hybridized carbons (Fsp3) is 0.909. The van der Waals surface area contributed by atoms with Gasteiger partial charge in [-0.2, -0.15) is 0 Å². The molecule has 18 heavy (non-hydrogen) atoms. The average Bonchev–Trinajstić information content (AvgIpc) is 2.74. The van der Waals surface area contributed by atoms with Gasteiger partial charge in [0.2, 0.25) is 10.0 Å². The van der Waals surface area contributed by atoms with Crippen LogP contribution in [0.1, 0.15) is 26.7 Å². The van der Waals surface area contributed by atoms with Gasteiger partial charge >= 0.3 is 0 Å². The normalized spacial score (nSPS) is 23.1. The summed E-state index contributed by atoms with van der Waals surface area (Å²) in [6.07, 6.45) is 1.46. The lowest BCUT2D eigenvalue weighted by molar-refractivity contribution is 0.342. The summed E-state index contributed by atoms with van der Waals surface area (Å²) < 4.78 is 26.7. The Hall–Kier alpha value is -0.240. The Labute approximate surface area is 115 Å². The Bertz CT molecular complexity index is 384. The molecule has 0 spiro atoms. The molecule has 1 saturated heterocycles. The van der Waals surface area contributed by atoms with E-state index in [1.807, 2.05) is 0 Å².